The lowest BCUT2D eigenvalue weighted by Gasteiger charge is -2.09. The smallest absolute Gasteiger partial charge is 0.293 e. The summed E-state index contributed by atoms with van der Waals surface area (Å²) >= 11 is 0.670. The number of azo groups is 1. The van der Waals surface area contributed by atoms with E-state index in [1.165, 1.54) is 7.05 Å². The third kappa shape index (κ3) is 3.36. The van der Waals surface area contributed by atoms with Gasteiger partial charge < -0.3 is 5.11 Å². The first-order valence-corrected chi connectivity index (χ1v) is 6.30. The highest BCUT2D eigenvalue weighted by atomic mass is 32.2. The largest absolute Gasteiger partial charge is 0.505 e. The summed E-state index contributed by atoms with van der Waals surface area (Å²) < 4.78 is 4.39. The van der Waals surface area contributed by atoms with Gasteiger partial charge in [-0.05, 0) is 29.7 Å². The monoisotopic (exact) mass is 304 g/mol. The van der Waals surface area contributed by atoms with Crippen LogP contribution in [0.15, 0.2) is 49.5 Å². The van der Waals surface area contributed by atoms with E-state index in [4.69, 9.17) is 13.2 Å². The quantitative estimate of drug-likeness (QED) is 0.287. The molecule has 0 fully saturated rings. The molecular weight excluding hydrogens is 295 g/mol. The summed E-state index contributed by atoms with van der Waals surface area (Å²) in [6.45, 7) is 0. The summed E-state index contributed by atoms with van der Waals surface area (Å²) in [5.74, 6) is -0.0848. The van der Waals surface area contributed by atoms with Crippen molar-refractivity contribution in [3.63, 3.8) is 0 Å². The zero-order valence-corrected chi connectivity index (χ0v) is 11.6. The Morgan fingerprint density at radius 3 is 2.71 bits per heavy atom. The molecule has 0 aliphatic heterocycles. The van der Waals surface area contributed by atoms with Crippen molar-refractivity contribution in [2.45, 2.75) is 4.90 Å². The molecule has 0 spiro atoms. The number of hydrogen-bond acceptors (Lipinski definition) is 9. The maximum Gasteiger partial charge on any atom is 0.293 e. The molecule has 0 amide bonds. The highest BCUT2D eigenvalue weighted by molar-refractivity contribution is 7.94. The topological polar surface area (TPSA) is 108 Å². The molecule has 0 saturated carbocycles. The van der Waals surface area contributed by atoms with Crippen molar-refractivity contribution in [2.75, 3.05) is 7.05 Å². The maximum absolute atomic E-state index is 10.3. The van der Waals surface area contributed by atoms with Crippen molar-refractivity contribution < 1.29 is 19.7 Å². The van der Waals surface area contributed by atoms with Gasteiger partial charge in [-0.25, -0.2) is 5.26 Å². The zero-order valence-electron chi connectivity index (χ0n) is 10.8. The van der Waals surface area contributed by atoms with Crippen molar-refractivity contribution in [1.29, 1.82) is 0 Å². The minimum Gasteiger partial charge on any atom is -0.505 e. The van der Waals surface area contributed by atoms with E-state index in [-0.39, 0.29) is 11.4 Å². The van der Waals surface area contributed by atoms with Crippen molar-refractivity contribution >= 4 is 42.2 Å². The van der Waals surface area contributed by atoms with Gasteiger partial charge in [0.15, 0.2) is 5.75 Å². The third-order valence-corrected chi connectivity index (χ3v) is 3.18. The minimum atomic E-state index is -0.0848. The van der Waals surface area contributed by atoms with Gasteiger partial charge in [-0.3, -0.25) is 5.03 Å². The molecule has 0 unspecified atom stereocenters. The Morgan fingerprint density at radius 2 is 2.05 bits per heavy atom. The Labute approximate surface area is 125 Å². The Hall–Kier alpha value is -2.01. The van der Waals surface area contributed by atoms with E-state index in [1.807, 2.05) is 0 Å². The van der Waals surface area contributed by atoms with Crippen molar-refractivity contribution in [3.8, 4) is 5.75 Å². The molecule has 0 atom stereocenters. The first-order chi connectivity index (χ1) is 10.2. The molecule has 0 aliphatic carbocycles. The average Bonchev–Trinajstić information content (AvgIpc) is 2.48. The number of phenolic OH excluding ortho intramolecular Hbond substituents is 1. The van der Waals surface area contributed by atoms with Crippen molar-refractivity contribution in [1.82, 2.24) is 0 Å². The second kappa shape index (κ2) is 7.13. The van der Waals surface area contributed by atoms with E-state index in [0.717, 1.165) is 0 Å². The van der Waals surface area contributed by atoms with Gasteiger partial charge in [0.25, 0.3) is 7.98 Å². The Balaban J connectivity index is 2.64. The van der Waals surface area contributed by atoms with Gasteiger partial charge in [-0.2, -0.15) is 15.3 Å². The number of nitrogens with zero attached hydrogens (tertiary/aromatic N) is 4. The van der Waals surface area contributed by atoms with Crippen LogP contribution < -0.4 is 0 Å². The Bertz CT molecular complexity index is 710. The summed E-state index contributed by atoms with van der Waals surface area (Å²) in [5.41, 5.74) is 0.713. The molecular formula is C11H9BN4O4S. The Kier molecular flexibility index (Phi) is 5.23. The lowest BCUT2D eigenvalue weighted by molar-refractivity contribution is -0.432. The van der Waals surface area contributed by atoms with Gasteiger partial charge in [-0.15, -0.1) is 4.33 Å². The Morgan fingerprint density at radius 1 is 1.24 bits per heavy atom. The average molecular weight is 304 g/mol. The predicted molar refractivity (Wildman–Crippen MR) is 77.0 cm³/mol. The normalized spacial score (nSPS) is 11.9. The van der Waals surface area contributed by atoms with Gasteiger partial charge in [0, 0.05) is 12.4 Å². The molecule has 106 valence electrons. The molecule has 0 aliphatic rings. The minimum absolute atomic E-state index is 0.0848. The van der Waals surface area contributed by atoms with Gasteiger partial charge in [-0.1, -0.05) is 5.04 Å². The number of benzene rings is 2. The van der Waals surface area contributed by atoms with E-state index < -0.39 is 0 Å². The number of fused-ring (bicyclic) bond motifs is 1. The molecule has 0 bridgehead atoms. The first kappa shape index (κ1) is 15.4. The summed E-state index contributed by atoms with van der Waals surface area (Å²) in [7, 11) is 6.47. The van der Waals surface area contributed by atoms with Gasteiger partial charge in [0.1, 0.15) is 5.69 Å². The molecule has 21 heavy (non-hydrogen) atoms. The van der Waals surface area contributed by atoms with Crippen LogP contribution in [0.5, 0.6) is 5.75 Å². The van der Waals surface area contributed by atoms with Gasteiger partial charge in [0.2, 0.25) is 0 Å². The second-order valence-corrected chi connectivity index (χ2v) is 4.46. The molecule has 2 aromatic carbocycles. The van der Waals surface area contributed by atoms with Crippen LogP contribution in [0.2, 0.25) is 0 Å². The highest BCUT2D eigenvalue weighted by Crippen LogP contribution is 2.44. The van der Waals surface area contributed by atoms with Crippen LogP contribution in [0.1, 0.15) is 0 Å². The van der Waals surface area contributed by atoms with Crippen LogP contribution in [-0.2, 0) is 9.37 Å². The number of aromatic hydroxyl groups is 1. The molecule has 0 heterocycles. The van der Waals surface area contributed by atoms with E-state index in [9.17, 15) is 5.11 Å². The molecule has 2 aromatic rings. The molecule has 2 rings (SSSR count). The third-order valence-electron chi connectivity index (χ3n) is 2.56. The maximum atomic E-state index is 10.3. The van der Waals surface area contributed by atoms with Crippen LogP contribution in [-0.4, -0.2) is 25.4 Å². The van der Waals surface area contributed by atoms with E-state index in [1.54, 1.807) is 24.3 Å². The number of hydrogen-bond donors (Lipinski definition) is 2. The summed E-state index contributed by atoms with van der Waals surface area (Å²) in [4.78, 5) is 0.390. The van der Waals surface area contributed by atoms with Crippen LogP contribution in [0.25, 0.3) is 10.8 Å². The molecule has 8 nitrogen and oxygen atoms in total. The summed E-state index contributed by atoms with van der Waals surface area (Å²) in [6, 6.07) is 6.63. The fourth-order valence-corrected chi connectivity index (χ4v) is 2.28. The van der Waals surface area contributed by atoms with Crippen molar-refractivity contribution in [2.24, 2.45) is 20.4 Å². The highest BCUT2D eigenvalue weighted by Gasteiger charge is 2.15. The standard InChI is InChI=1S/C11H9BN4O4S/c1-13-15-10-9(21-20-19-18)5-6-4-7(14-16-12)2-3-8(6)11(10)17/h2-5,17-18H,1H3. The second-order valence-electron chi connectivity index (χ2n) is 3.72. The van der Waals surface area contributed by atoms with Crippen molar-refractivity contribution in [3.05, 3.63) is 24.3 Å². The summed E-state index contributed by atoms with van der Waals surface area (Å²) in [6.07, 6.45) is 0. The molecule has 2 N–H and O–H groups in total. The molecule has 0 saturated heterocycles. The van der Waals surface area contributed by atoms with Crippen LogP contribution in [0.3, 0.4) is 0 Å². The van der Waals surface area contributed by atoms with Gasteiger partial charge >= 0.3 is 0 Å². The lowest BCUT2D eigenvalue weighted by Crippen LogP contribution is -1.83. The SMILES string of the molecule is [B]N=Nc1ccc2c(O)c(N=NC)c(SOOO)cc2c1. The van der Waals surface area contributed by atoms with Crippen LogP contribution in [0.4, 0.5) is 11.4 Å². The summed E-state index contributed by atoms with van der Waals surface area (Å²) in [5, 5.41) is 37.7. The first-order valence-electron chi connectivity index (χ1n) is 5.56. The number of rotatable bonds is 5. The molecule has 0 aromatic heterocycles. The zero-order chi connectivity index (χ0) is 15.2. The van der Waals surface area contributed by atoms with Crippen LogP contribution >= 0.6 is 12.0 Å². The lowest BCUT2D eigenvalue weighted by atomic mass is 10.1. The predicted octanol–water partition coefficient (Wildman–Crippen LogP) is 3.85. The van der Waals surface area contributed by atoms with E-state index >= 15 is 0 Å². The number of phenols is 1. The van der Waals surface area contributed by atoms with E-state index in [0.29, 0.717) is 33.4 Å². The fraction of sp³-hybridized carbons (Fsp3) is 0.0909. The van der Waals surface area contributed by atoms with Gasteiger partial charge in [0.05, 0.1) is 22.6 Å². The molecule has 10 heteroatoms. The molecule has 2 radical (unpaired) electrons. The van der Waals surface area contributed by atoms with E-state index in [2.05, 4.69) is 29.7 Å². The van der Waals surface area contributed by atoms with Crippen LogP contribution in [0, 0.1) is 0 Å². The fourth-order valence-electron chi connectivity index (χ4n) is 1.78.